The normalized spacial score (nSPS) is 23.0. The number of nitrogens with zero attached hydrogens (tertiary/aromatic N) is 2. The fourth-order valence-corrected chi connectivity index (χ4v) is 7.55. The number of ether oxygens (including phenoxy) is 1. The van der Waals surface area contributed by atoms with E-state index in [1.165, 1.54) is 24.0 Å². The molecular weight excluding hydrogens is 428 g/mol. The molecule has 1 aromatic heterocycles. The Morgan fingerprint density at radius 1 is 1.21 bits per heavy atom. The first-order valence-corrected chi connectivity index (χ1v) is 13.8. The van der Waals surface area contributed by atoms with Crippen LogP contribution < -0.4 is 5.56 Å². The van der Waals surface area contributed by atoms with Crippen molar-refractivity contribution >= 4 is 11.8 Å². The van der Waals surface area contributed by atoms with Crippen LogP contribution in [-0.2, 0) is 16.6 Å². The lowest BCUT2D eigenvalue weighted by atomic mass is 9.68. The molecule has 4 nitrogen and oxygen atoms in total. The van der Waals surface area contributed by atoms with E-state index in [0.29, 0.717) is 12.5 Å². The molecule has 1 aliphatic heterocycles. The third kappa shape index (κ3) is 4.32. The van der Waals surface area contributed by atoms with E-state index in [2.05, 4.69) is 56.5 Å². The highest BCUT2D eigenvalue weighted by Gasteiger charge is 2.45. The third-order valence-electron chi connectivity index (χ3n) is 7.94. The molecule has 1 spiro atoms. The fourth-order valence-electron chi connectivity index (χ4n) is 6.25. The topological polar surface area (TPSA) is 44.1 Å². The standard InChI is InChI=1S/C28H38N2O2S/c1-19(2)12-16-33-26-29-24-22-10-6-5-9-20(22)17-28(13-7-8-14-28)23(24)25(31)30(26)21-11-15-32-27(3,4)18-21/h5-6,9-10,19,21H,7-8,11-18H2,1-4H3/t21-/m0/s1. The first-order chi connectivity index (χ1) is 15.8. The monoisotopic (exact) mass is 466 g/mol. The van der Waals surface area contributed by atoms with Crippen molar-refractivity contribution in [1.82, 2.24) is 9.55 Å². The van der Waals surface area contributed by atoms with Gasteiger partial charge in [0.2, 0.25) is 0 Å². The SMILES string of the molecule is CC(C)CCSc1nc2c(c(=O)n1[C@H]1CCOC(C)(C)C1)C1(CCCC1)Cc1ccccc1-2. The second-order valence-corrected chi connectivity index (χ2v) is 12.5. The average molecular weight is 467 g/mol. The molecule has 5 rings (SSSR count). The molecule has 1 saturated heterocycles. The maximum absolute atomic E-state index is 14.5. The van der Waals surface area contributed by atoms with E-state index in [1.54, 1.807) is 11.8 Å². The van der Waals surface area contributed by atoms with Gasteiger partial charge in [-0.3, -0.25) is 9.36 Å². The van der Waals surface area contributed by atoms with Gasteiger partial charge >= 0.3 is 0 Å². The lowest BCUT2D eigenvalue weighted by molar-refractivity contribution is -0.0710. The molecule has 1 atom stereocenters. The van der Waals surface area contributed by atoms with Gasteiger partial charge in [0.1, 0.15) is 0 Å². The van der Waals surface area contributed by atoms with Gasteiger partial charge in [-0.25, -0.2) is 4.98 Å². The Balaban J connectivity index is 1.70. The summed E-state index contributed by atoms with van der Waals surface area (Å²) in [5.41, 5.74) is 4.49. The zero-order valence-corrected chi connectivity index (χ0v) is 21.5. The molecule has 2 aromatic rings. The smallest absolute Gasteiger partial charge is 0.258 e. The molecule has 0 radical (unpaired) electrons. The van der Waals surface area contributed by atoms with Crippen molar-refractivity contribution < 1.29 is 4.74 Å². The zero-order valence-electron chi connectivity index (χ0n) is 20.7. The number of hydrogen-bond acceptors (Lipinski definition) is 4. The molecule has 2 heterocycles. The highest BCUT2D eigenvalue weighted by molar-refractivity contribution is 7.99. The third-order valence-corrected chi connectivity index (χ3v) is 8.92. The first-order valence-electron chi connectivity index (χ1n) is 12.8. The van der Waals surface area contributed by atoms with Gasteiger partial charge in [0.05, 0.1) is 16.9 Å². The van der Waals surface area contributed by atoms with Crippen LogP contribution >= 0.6 is 11.8 Å². The summed E-state index contributed by atoms with van der Waals surface area (Å²) in [6.45, 7) is 9.52. The summed E-state index contributed by atoms with van der Waals surface area (Å²) < 4.78 is 8.12. The van der Waals surface area contributed by atoms with Crippen LogP contribution in [0.1, 0.15) is 89.8 Å². The molecule has 178 valence electrons. The van der Waals surface area contributed by atoms with Crippen LogP contribution in [0.25, 0.3) is 11.3 Å². The summed E-state index contributed by atoms with van der Waals surface area (Å²) in [7, 11) is 0. The van der Waals surface area contributed by atoms with E-state index in [9.17, 15) is 4.79 Å². The van der Waals surface area contributed by atoms with Gasteiger partial charge in [0, 0.05) is 29.4 Å². The van der Waals surface area contributed by atoms with Gasteiger partial charge in [-0.2, -0.15) is 0 Å². The molecule has 2 aliphatic carbocycles. The van der Waals surface area contributed by atoms with Crippen LogP contribution in [0.3, 0.4) is 0 Å². The number of benzene rings is 1. The highest BCUT2D eigenvalue weighted by atomic mass is 32.2. The van der Waals surface area contributed by atoms with Crippen molar-refractivity contribution in [2.24, 2.45) is 5.92 Å². The maximum atomic E-state index is 14.5. The summed E-state index contributed by atoms with van der Waals surface area (Å²) in [5.74, 6) is 1.63. The van der Waals surface area contributed by atoms with Crippen LogP contribution in [0, 0.1) is 5.92 Å². The van der Waals surface area contributed by atoms with Gasteiger partial charge in [-0.15, -0.1) is 0 Å². The van der Waals surface area contributed by atoms with Crippen LogP contribution in [0.4, 0.5) is 0 Å². The van der Waals surface area contributed by atoms with E-state index in [1.807, 2.05) is 0 Å². The quantitative estimate of drug-likeness (QED) is 0.370. The Kier molecular flexibility index (Phi) is 6.24. The minimum Gasteiger partial charge on any atom is -0.375 e. The minimum atomic E-state index is -0.213. The lowest BCUT2D eigenvalue weighted by Crippen LogP contribution is -2.44. The largest absolute Gasteiger partial charge is 0.375 e. The molecule has 5 heteroatoms. The van der Waals surface area contributed by atoms with Crippen molar-refractivity contribution in [2.45, 2.75) is 101 Å². The van der Waals surface area contributed by atoms with E-state index >= 15 is 0 Å². The number of thioether (sulfide) groups is 1. The molecule has 0 unspecified atom stereocenters. The minimum absolute atomic E-state index is 0.0443. The molecule has 33 heavy (non-hydrogen) atoms. The van der Waals surface area contributed by atoms with Crippen molar-refractivity contribution in [3.8, 4) is 11.3 Å². The van der Waals surface area contributed by atoms with Crippen molar-refractivity contribution in [3.63, 3.8) is 0 Å². The van der Waals surface area contributed by atoms with Crippen LogP contribution in [0.15, 0.2) is 34.2 Å². The van der Waals surface area contributed by atoms with E-state index in [0.717, 1.165) is 60.7 Å². The Hall–Kier alpha value is -1.59. The Labute approximate surface area is 202 Å². The van der Waals surface area contributed by atoms with E-state index in [-0.39, 0.29) is 22.6 Å². The summed E-state index contributed by atoms with van der Waals surface area (Å²) >= 11 is 1.77. The van der Waals surface area contributed by atoms with Crippen molar-refractivity contribution in [1.29, 1.82) is 0 Å². The Morgan fingerprint density at radius 3 is 2.70 bits per heavy atom. The summed E-state index contributed by atoms with van der Waals surface area (Å²) in [6, 6.07) is 8.80. The zero-order chi connectivity index (χ0) is 23.2. The number of rotatable bonds is 5. The molecular formula is C28H38N2O2S. The second-order valence-electron chi connectivity index (χ2n) is 11.4. The van der Waals surface area contributed by atoms with Crippen LogP contribution in [-0.4, -0.2) is 27.5 Å². The van der Waals surface area contributed by atoms with Gasteiger partial charge in [-0.05, 0) is 63.9 Å². The van der Waals surface area contributed by atoms with Crippen LogP contribution in [0.2, 0.25) is 0 Å². The number of fused-ring (bicyclic) bond motifs is 4. The number of hydrogen-bond donors (Lipinski definition) is 0. The molecule has 3 aliphatic rings. The Morgan fingerprint density at radius 2 is 1.97 bits per heavy atom. The van der Waals surface area contributed by atoms with Gasteiger partial charge in [-0.1, -0.05) is 62.7 Å². The summed E-state index contributed by atoms with van der Waals surface area (Å²) in [4.78, 5) is 19.8. The molecule has 0 amide bonds. The summed E-state index contributed by atoms with van der Waals surface area (Å²) in [6.07, 6.45) is 8.45. The lowest BCUT2D eigenvalue weighted by Gasteiger charge is -2.40. The average Bonchev–Trinajstić information content (AvgIpc) is 3.21. The predicted octanol–water partition coefficient (Wildman–Crippen LogP) is 6.55. The van der Waals surface area contributed by atoms with Crippen LogP contribution in [0.5, 0.6) is 0 Å². The molecule has 0 N–H and O–H groups in total. The highest BCUT2D eigenvalue weighted by Crippen LogP contribution is 2.50. The molecule has 0 bridgehead atoms. The first kappa shape index (κ1) is 23.2. The Bertz CT molecular complexity index is 1080. The number of aromatic nitrogens is 2. The van der Waals surface area contributed by atoms with Gasteiger partial charge < -0.3 is 4.74 Å². The van der Waals surface area contributed by atoms with E-state index in [4.69, 9.17) is 9.72 Å². The van der Waals surface area contributed by atoms with Gasteiger partial charge in [0.15, 0.2) is 5.16 Å². The molecule has 2 fully saturated rings. The predicted molar refractivity (Wildman–Crippen MR) is 136 cm³/mol. The van der Waals surface area contributed by atoms with Crippen molar-refractivity contribution in [3.05, 3.63) is 45.7 Å². The second kappa shape index (κ2) is 8.88. The van der Waals surface area contributed by atoms with E-state index < -0.39 is 0 Å². The maximum Gasteiger partial charge on any atom is 0.258 e. The van der Waals surface area contributed by atoms with Crippen molar-refractivity contribution in [2.75, 3.05) is 12.4 Å². The van der Waals surface area contributed by atoms with Gasteiger partial charge in [0.25, 0.3) is 5.56 Å². The molecule has 1 aromatic carbocycles. The summed E-state index contributed by atoms with van der Waals surface area (Å²) in [5, 5.41) is 0.909. The fraction of sp³-hybridized carbons (Fsp3) is 0.643. The molecule has 1 saturated carbocycles.